The molecule has 2 aromatic heterocycles. The molecule has 3 aromatic rings. The van der Waals surface area contributed by atoms with Gasteiger partial charge >= 0.3 is 0 Å². The van der Waals surface area contributed by atoms with Crippen molar-refractivity contribution in [3.63, 3.8) is 0 Å². The van der Waals surface area contributed by atoms with Crippen LogP contribution in [0.25, 0.3) is 0 Å². The number of fused-ring (bicyclic) bond motifs is 1. The number of nitrogens with zero attached hydrogens (tertiary/aromatic N) is 4. The first-order valence-corrected chi connectivity index (χ1v) is 11.9. The van der Waals surface area contributed by atoms with Gasteiger partial charge in [0, 0.05) is 31.0 Å². The molecule has 0 spiro atoms. The number of hydrogen-bond donors (Lipinski definition) is 2. The van der Waals surface area contributed by atoms with Crippen LogP contribution >= 0.6 is 11.6 Å². The van der Waals surface area contributed by atoms with E-state index in [0.29, 0.717) is 47.4 Å². The van der Waals surface area contributed by atoms with E-state index in [-0.39, 0.29) is 16.8 Å². The summed E-state index contributed by atoms with van der Waals surface area (Å²) in [5.41, 5.74) is 1.30. The van der Waals surface area contributed by atoms with Gasteiger partial charge in [-0.3, -0.25) is 4.79 Å². The predicted octanol–water partition coefficient (Wildman–Crippen LogP) is 4.25. The molecule has 2 atom stereocenters. The Morgan fingerprint density at radius 1 is 1.23 bits per heavy atom. The van der Waals surface area contributed by atoms with Gasteiger partial charge < -0.3 is 15.0 Å². The fourth-order valence-electron chi connectivity index (χ4n) is 5.42. The number of benzene rings is 1. The molecular formula is C26H25ClFN5O2. The average molecular weight is 494 g/mol. The van der Waals surface area contributed by atoms with Crippen LogP contribution in [0.3, 0.4) is 0 Å². The first-order valence-electron chi connectivity index (χ1n) is 11.5. The van der Waals surface area contributed by atoms with Gasteiger partial charge in [0.05, 0.1) is 22.6 Å². The number of halogens is 2. The van der Waals surface area contributed by atoms with Crippen molar-refractivity contribution < 1.29 is 14.3 Å². The Morgan fingerprint density at radius 3 is 2.57 bits per heavy atom. The van der Waals surface area contributed by atoms with E-state index in [9.17, 15) is 14.3 Å². The Labute approximate surface area is 207 Å². The molecule has 2 fully saturated rings. The summed E-state index contributed by atoms with van der Waals surface area (Å²) in [6, 6.07) is 4.07. The number of aryl methyl sites for hydroxylation is 2. The normalized spacial score (nSPS) is 25.1. The van der Waals surface area contributed by atoms with E-state index >= 15 is 0 Å². The molecule has 2 saturated carbocycles. The Hall–Kier alpha value is -3.28. The first kappa shape index (κ1) is 23.5. The summed E-state index contributed by atoms with van der Waals surface area (Å²) in [6.45, 7) is 1.81. The molecule has 5 rings (SSSR count). The minimum atomic E-state index is -1.03. The highest BCUT2D eigenvalue weighted by molar-refractivity contribution is 6.31. The summed E-state index contributed by atoms with van der Waals surface area (Å²) >= 11 is 5.85. The van der Waals surface area contributed by atoms with Gasteiger partial charge in [-0.25, -0.2) is 19.3 Å². The zero-order valence-corrected chi connectivity index (χ0v) is 20.2. The van der Waals surface area contributed by atoms with Crippen molar-refractivity contribution >= 4 is 23.2 Å². The van der Waals surface area contributed by atoms with Crippen molar-refractivity contribution in [2.45, 2.75) is 44.1 Å². The van der Waals surface area contributed by atoms with Gasteiger partial charge in [0.15, 0.2) is 0 Å². The SMILES string of the molecule is Cc1ncc(C#CC2(O)CC3CC(c4ncn(C)c4C(=O)Nc4ccc(F)c(Cl)c4)CC3C2)cn1. The summed E-state index contributed by atoms with van der Waals surface area (Å²) in [6.07, 6.45) is 7.83. The number of carbonyl (C=O) groups excluding carboxylic acids is 1. The van der Waals surface area contributed by atoms with Gasteiger partial charge in [0.2, 0.25) is 0 Å². The highest BCUT2D eigenvalue weighted by atomic mass is 35.5. The second-order valence-corrected chi connectivity index (χ2v) is 9.98. The number of anilines is 1. The van der Waals surface area contributed by atoms with E-state index in [4.69, 9.17) is 11.6 Å². The number of carbonyl (C=O) groups is 1. The third-order valence-electron chi connectivity index (χ3n) is 7.01. The lowest BCUT2D eigenvalue weighted by molar-refractivity contribution is 0.0979. The summed E-state index contributed by atoms with van der Waals surface area (Å²) in [7, 11) is 1.78. The number of rotatable bonds is 3. The fourth-order valence-corrected chi connectivity index (χ4v) is 5.60. The predicted molar refractivity (Wildman–Crippen MR) is 129 cm³/mol. The number of aromatic nitrogens is 4. The van der Waals surface area contributed by atoms with Crippen LogP contribution < -0.4 is 5.32 Å². The van der Waals surface area contributed by atoms with Crippen molar-refractivity contribution in [2.24, 2.45) is 18.9 Å². The molecule has 1 aromatic carbocycles. The average Bonchev–Trinajstić information content (AvgIpc) is 3.47. The van der Waals surface area contributed by atoms with Crippen LogP contribution in [0.1, 0.15) is 59.2 Å². The van der Waals surface area contributed by atoms with E-state index in [0.717, 1.165) is 18.5 Å². The van der Waals surface area contributed by atoms with Gasteiger partial charge in [-0.05, 0) is 62.6 Å². The highest BCUT2D eigenvalue weighted by Gasteiger charge is 2.49. The van der Waals surface area contributed by atoms with Crippen LogP contribution in [-0.2, 0) is 7.05 Å². The molecule has 2 aliphatic carbocycles. The maximum atomic E-state index is 13.5. The number of amides is 1. The number of aliphatic hydroxyl groups is 1. The van der Waals surface area contributed by atoms with Crippen LogP contribution in [0.5, 0.6) is 0 Å². The third kappa shape index (κ3) is 4.79. The lowest BCUT2D eigenvalue weighted by Gasteiger charge is -2.19. The molecule has 9 heteroatoms. The number of hydrogen-bond acceptors (Lipinski definition) is 5. The number of nitrogens with one attached hydrogen (secondary N) is 1. The van der Waals surface area contributed by atoms with Crippen LogP contribution in [0.4, 0.5) is 10.1 Å². The second kappa shape index (κ2) is 9.06. The van der Waals surface area contributed by atoms with Crippen LogP contribution in [0, 0.1) is 36.4 Å². The Morgan fingerprint density at radius 2 is 1.91 bits per heavy atom. The van der Waals surface area contributed by atoms with Crippen molar-refractivity contribution in [1.29, 1.82) is 0 Å². The van der Waals surface area contributed by atoms with Crippen LogP contribution in [-0.4, -0.2) is 36.1 Å². The summed E-state index contributed by atoms with van der Waals surface area (Å²) in [5.74, 6) is 6.62. The topological polar surface area (TPSA) is 92.9 Å². The molecule has 0 saturated heterocycles. The van der Waals surface area contributed by atoms with Crippen LogP contribution in [0.2, 0.25) is 5.02 Å². The maximum Gasteiger partial charge on any atom is 0.274 e. The van der Waals surface area contributed by atoms with Crippen molar-refractivity contribution in [3.05, 3.63) is 70.5 Å². The largest absolute Gasteiger partial charge is 0.378 e. The summed E-state index contributed by atoms with van der Waals surface area (Å²) < 4.78 is 15.2. The molecule has 2 unspecified atom stereocenters. The molecule has 35 heavy (non-hydrogen) atoms. The molecule has 1 amide bonds. The Kier molecular flexibility index (Phi) is 6.07. The molecule has 2 N–H and O–H groups in total. The van der Waals surface area contributed by atoms with E-state index < -0.39 is 11.4 Å². The molecule has 2 aliphatic rings. The summed E-state index contributed by atoms with van der Waals surface area (Å²) in [5, 5.41) is 13.8. The number of imidazole rings is 1. The quantitative estimate of drug-likeness (QED) is 0.532. The minimum Gasteiger partial charge on any atom is -0.378 e. The maximum absolute atomic E-state index is 13.5. The van der Waals surface area contributed by atoms with Gasteiger partial charge in [0.1, 0.15) is 22.9 Å². The zero-order valence-electron chi connectivity index (χ0n) is 19.4. The van der Waals surface area contributed by atoms with E-state index in [1.54, 1.807) is 30.3 Å². The fraction of sp³-hybridized carbons (Fsp3) is 0.385. The third-order valence-corrected chi connectivity index (χ3v) is 7.30. The molecule has 0 aliphatic heterocycles. The Bertz CT molecular complexity index is 1330. The lowest BCUT2D eigenvalue weighted by atomic mass is 9.92. The summed E-state index contributed by atoms with van der Waals surface area (Å²) in [4.78, 5) is 25.9. The monoisotopic (exact) mass is 493 g/mol. The molecular weight excluding hydrogens is 469 g/mol. The molecule has 0 bridgehead atoms. The van der Waals surface area contributed by atoms with Crippen LogP contribution in [0.15, 0.2) is 36.9 Å². The van der Waals surface area contributed by atoms with Crippen molar-refractivity contribution in [3.8, 4) is 11.8 Å². The van der Waals surface area contributed by atoms with E-state index in [1.165, 1.54) is 18.2 Å². The van der Waals surface area contributed by atoms with E-state index in [1.807, 2.05) is 6.92 Å². The molecule has 180 valence electrons. The van der Waals surface area contributed by atoms with Gasteiger partial charge in [-0.15, -0.1) is 0 Å². The van der Waals surface area contributed by atoms with E-state index in [2.05, 4.69) is 32.1 Å². The van der Waals surface area contributed by atoms with Gasteiger partial charge in [-0.1, -0.05) is 23.4 Å². The highest BCUT2D eigenvalue weighted by Crippen LogP contribution is 2.53. The van der Waals surface area contributed by atoms with Gasteiger partial charge in [-0.2, -0.15) is 0 Å². The Balaban J connectivity index is 1.28. The van der Waals surface area contributed by atoms with Crippen molar-refractivity contribution in [2.75, 3.05) is 5.32 Å². The second-order valence-electron chi connectivity index (χ2n) is 9.57. The molecule has 2 heterocycles. The minimum absolute atomic E-state index is 0.0536. The molecule has 7 nitrogen and oxygen atoms in total. The lowest BCUT2D eigenvalue weighted by Crippen LogP contribution is -2.24. The van der Waals surface area contributed by atoms with Crippen molar-refractivity contribution in [1.82, 2.24) is 19.5 Å². The smallest absolute Gasteiger partial charge is 0.274 e. The molecule has 0 radical (unpaired) electrons. The first-order chi connectivity index (χ1) is 16.7. The zero-order chi connectivity index (χ0) is 24.7. The standard InChI is InChI=1S/C26H25ClFN5O2/c1-15-29-12-16(13-30-15)5-6-26(35)10-18-7-17(8-19(18)11-26)23-24(33(2)14-31-23)25(34)32-20-3-4-22(28)21(27)9-20/h3-4,9,12-14,17-19,35H,7-8,10-11H2,1-2H3,(H,32,34). The van der Waals surface area contributed by atoms with Gasteiger partial charge in [0.25, 0.3) is 5.91 Å².